The smallest absolute Gasteiger partial charge is 0.178 e. The largest absolute Gasteiger partial charge is 0.328 e. The summed E-state index contributed by atoms with van der Waals surface area (Å²) in [5.41, 5.74) is 5.84. The van der Waals surface area contributed by atoms with E-state index >= 15 is 0 Å². The van der Waals surface area contributed by atoms with Gasteiger partial charge in [-0.2, -0.15) is 0 Å². The Bertz CT molecular complexity index is 513. The molecular formula is C13H19BrClNO2S. The van der Waals surface area contributed by atoms with Gasteiger partial charge in [0.25, 0.3) is 0 Å². The number of sulfone groups is 1. The van der Waals surface area contributed by atoms with Crippen LogP contribution in [0.4, 0.5) is 0 Å². The Kier molecular flexibility index (Phi) is 6.30. The van der Waals surface area contributed by atoms with Crippen molar-refractivity contribution in [2.75, 3.05) is 5.75 Å². The number of nitrogens with two attached hydrogens (primary N) is 1. The van der Waals surface area contributed by atoms with E-state index in [1.807, 2.05) is 6.07 Å². The monoisotopic (exact) mass is 367 g/mol. The molecule has 2 N–H and O–H groups in total. The van der Waals surface area contributed by atoms with Crippen LogP contribution in [0.15, 0.2) is 33.6 Å². The molecule has 1 aromatic carbocycles. The summed E-state index contributed by atoms with van der Waals surface area (Å²) in [6.45, 7) is 0. The van der Waals surface area contributed by atoms with Gasteiger partial charge in [-0.05, 0) is 49.8 Å². The summed E-state index contributed by atoms with van der Waals surface area (Å²) < 4.78 is 25.4. The molecule has 19 heavy (non-hydrogen) atoms. The molecule has 0 spiro atoms. The van der Waals surface area contributed by atoms with Crippen molar-refractivity contribution in [1.82, 2.24) is 0 Å². The van der Waals surface area contributed by atoms with Gasteiger partial charge in [-0.25, -0.2) is 8.42 Å². The summed E-state index contributed by atoms with van der Waals surface area (Å²) in [5.74, 6) is 0.504. The molecular weight excluding hydrogens is 350 g/mol. The van der Waals surface area contributed by atoms with Crippen LogP contribution in [0.5, 0.6) is 0 Å². The topological polar surface area (TPSA) is 60.2 Å². The molecule has 1 fully saturated rings. The van der Waals surface area contributed by atoms with Crippen molar-refractivity contribution in [3.05, 3.63) is 28.7 Å². The van der Waals surface area contributed by atoms with Gasteiger partial charge in [0.2, 0.25) is 0 Å². The van der Waals surface area contributed by atoms with E-state index in [9.17, 15) is 8.42 Å². The zero-order valence-electron chi connectivity index (χ0n) is 10.6. The van der Waals surface area contributed by atoms with Gasteiger partial charge in [0.15, 0.2) is 9.84 Å². The fourth-order valence-electron chi connectivity index (χ4n) is 2.42. The third-order valence-corrected chi connectivity index (χ3v) is 5.88. The molecule has 1 aromatic rings. The summed E-state index contributed by atoms with van der Waals surface area (Å²) >= 11 is 3.31. The normalized spacial score (nSPS) is 23.7. The van der Waals surface area contributed by atoms with Crippen LogP contribution in [0.25, 0.3) is 0 Å². The molecule has 1 aliphatic rings. The van der Waals surface area contributed by atoms with Crippen LogP contribution in [-0.4, -0.2) is 20.2 Å². The van der Waals surface area contributed by atoms with Gasteiger partial charge in [-0.3, -0.25) is 0 Å². The Morgan fingerprint density at radius 3 is 2.42 bits per heavy atom. The minimum atomic E-state index is -3.17. The van der Waals surface area contributed by atoms with E-state index in [0.29, 0.717) is 4.90 Å². The Morgan fingerprint density at radius 2 is 1.84 bits per heavy atom. The van der Waals surface area contributed by atoms with Gasteiger partial charge in [-0.15, -0.1) is 12.4 Å². The van der Waals surface area contributed by atoms with Gasteiger partial charge in [0.05, 0.1) is 10.6 Å². The van der Waals surface area contributed by atoms with Crippen molar-refractivity contribution < 1.29 is 8.42 Å². The van der Waals surface area contributed by atoms with Gasteiger partial charge in [0.1, 0.15) is 0 Å². The standard InChI is InChI=1S/C13H18BrNO2S.ClH/c14-11-2-1-3-13(8-11)18(16,17)9-10-4-6-12(15)7-5-10;/h1-3,8,10,12H,4-7,9,15H2;1H. The highest BCUT2D eigenvalue weighted by molar-refractivity contribution is 9.10. The Balaban J connectivity index is 0.00000180. The van der Waals surface area contributed by atoms with Crippen LogP contribution >= 0.6 is 28.3 Å². The maximum Gasteiger partial charge on any atom is 0.178 e. The third-order valence-electron chi connectivity index (χ3n) is 3.50. The van der Waals surface area contributed by atoms with Crippen molar-refractivity contribution in [2.24, 2.45) is 11.7 Å². The second-order valence-corrected chi connectivity index (χ2v) is 7.97. The number of hydrogen-bond donors (Lipinski definition) is 1. The molecule has 0 atom stereocenters. The lowest BCUT2D eigenvalue weighted by atomic mass is 9.88. The van der Waals surface area contributed by atoms with Crippen LogP contribution in [0.2, 0.25) is 0 Å². The van der Waals surface area contributed by atoms with Crippen LogP contribution in [0.1, 0.15) is 25.7 Å². The number of hydrogen-bond acceptors (Lipinski definition) is 3. The quantitative estimate of drug-likeness (QED) is 0.891. The summed E-state index contributed by atoms with van der Waals surface area (Å²) in [6.07, 6.45) is 3.74. The molecule has 0 heterocycles. The average molecular weight is 369 g/mol. The summed E-state index contributed by atoms with van der Waals surface area (Å²) in [7, 11) is -3.17. The number of halogens is 2. The minimum Gasteiger partial charge on any atom is -0.328 e. The minimum absolute atomic E-state index is 0. The first-order valence-corrected chi connectivity index (χ1v) is 8.66. The van der Waals surface area contributed by atoms with Gasteiger partial charge >= 0.3 is 0 Å². The fraction of sp³-hybridized carbons (Fsp3) is 0.538. The molecule has 0 aromatic heterocycles. The molecule has 0 unspecified atom stereocenters. The first kappa shape index (κ1) is 17.0. The number of rotatable bonds is 3. The van der Waals surface area contributed by atoms with Crippen LogP contribution in [-0.2, 0) is 9.84 Å². The van der Waals surface area contributed by atoms with E-state index in [4.69, 9.17) is 5.73 Å². The highest BCUT2D eigenvalue weighted by Gasteiger charge is 2.25. The third kappa shape index (κ3) is 4.74. The molecule has 108 valence electrons. The average Bonchev–Trinajstić information content (AvgIpc) is 2.32. The Labute approximate surface area is 129 Å². The molecule has 1 aliphatic carbocycles. The summed E-state index contributed by atoms with van der Waals surface area (Å²) in [6, 6.07) is 7.18. The van der Waals surface area contributed by atoms with Crippen molar-refractivity contribution >= 4 is 38.2 Å². The SMILES string of the molecule is Cl.NC1CCC(CS(=O)(=O)c2cccc(Br)c2)CC1. The zero-order chi connectivity index (χ0) is 13.2. The molecule has 3 nitrogen and oxygen atoms in total. The van der Waals surface area contributed by atoms with E-state index in [-0.39, 0.29) is 30.1 Å². The Hall–Kier alpha value is -0.100. The van der Waals surface area contributed by atoms with E-state index < -0.39 is 9.84 Å². The highest BCUT2D eigenvalue weighted by Crippen LogP contribution is 2.27. The maximum absolute atomic E-state index is 12.3. The van der Waals surface area contributed by atoms with E-state index in [1.54, 1.807) is 18.2 Å². The zero-order valence-corrected chi connectivity index (χ0v) is 13.8. The molecule has 0 amide bonds. The first-order chi connectivity index (χ1) is 8.47. The Morgan fingerprint density at radius 1 is 1.21 bits per heavy atom. The molecule has 0 bridgehead atoms. The molecule has 0 saturated heterocycles. The lowest BCUT2D eigenvalue weighted by Gasteiger charge is -2.25. The second-order valence-electron chi connectivity index (χ2n) is 5.02. The van der Waals surface area contributed by atoms with E-state index in [1.165, 1.54) is 0 Å². The predicted molar refractivity (Wildman–Crippen MR) is 83.4 cm³/mol. The number of benzene rings is 1. The lowest BCUT2D eigenvalue weighted by Crippen LogP contribution is -2.29. The summed E-state index contributed by atoms with van der Waals surface area (Å²) in [4.78, 5) is 0.409. The molecule has 0 radical (unpaired) electrons. The van der Waals surface area contributed by atoms with Gasteiger partial charge in [-0.1, -0.05) is 22.0 Å². The highest BCUT2D eigenvalue weighted by atomic mass is 79.9. The van der Waals surface area contributed by atoms with Gasteiger partial charge < -0.3 is 5.73 Å². The van der Waals surface area contributed by atoms with Crippen LogP contribution in [0, 0.1) is 5.92 Å². The molecule has 6 heteroatoms. The predicted octanol–water partition coefficient (Wildman–Crippen LogP) is 3.16. The molecule has 0 aliphatic heterocycles. The second kappa shape index (κ2) is 7.07. The fourth-order valence-corrected chi connectivity index (χ4v) is 4.71. The van der Waals surface area contributed by atoms with Crippen molar-refractivity contribution in [3.63, 3.8) is 0 Å². The van der Waals surface area contributed by atoms with Crippen LogP contribution < -0.4 is 5.73 Å². The molecule has 2 rings (SSSR count). The van der Waals surface area contributed by atoms with Crippen molar-refractivity contribution in [3.8, 4) is 0 Å². The van der Waals surface area contributed by atoms with Crippen molar-refractivity contribution in [1.29, 1.82) is 0 Å². The summed E-state index contributed by atoms with van der Waals surface area (Å²) in [5, 5.41) is 0. The van der Waals surface area contributed by atoms with Crippen molar-refractivity contribution in [2.45, 2.75) is 36.6 Å². The molecule has 1 saturated carbocycles. The lowest BCUT2D eigenvalue weighted by molar-refractivity contribution is 0.348. The van der Waals surface area contributed by atoms with Gasteiger partial charge in [0, 0.05) is 10.5 Å². The van der Waals surface area contributed by atoms with E-state index in [2.05, 4.69) is 15.9 Å². The maximum atomic E-state index is 12.3. The van der Waals surface area contributed by atoms with Crippen LogP contribution in [0.3, 0.4) is 0 Å². The van der Waals surface area contributed by atoms with E-state index in [0.717, 1.165) is 30.2 Å². The first-order valence-electron chi connectivity index (χ1n) is 6.21.